The lowest BCUT2D eigenvalue weighted by Crippen LogP contribution is -2.17. The SMILES string of the molecule is COCCc1ccc(C(=O)C2CCCCC2)cc1. The number of hydrogen-bond acceptors (Lipinski definition) is 2. The summed E-state index contributed by atoms with van der Waals surface area (Å²) >= 11 is 0. The van der Waals surface area contributed by atoms with Gasteiger partial charge in [-0.1, -0.05) is 43.5 Å². The fourth-order valence-electron chi connectivity index (χ4n) is 2.66. The van der Waals surface area contributed by atoms with E-state index in [0.29, 0.717) is 5.78 Å². The molecule has 0 heterocycles. The average molecular weight is 246 g/mol. The van der Waals surface area contributed by atoms with Crippen LogP contribution in [0.25, 0.3) is 0 Å². The Balaban J connectivity index is 1.97. The number of carbonyl (C=O) groups excluding carboxylic acids is 1. The minimum atomic E-state index is 0.267. The molecule has 2 heteroatoms. The molecule has 0 aromatic heterocycles. The summed E-state index contributed by atoms with van der Waals surface area (Å²) in [5.41, 5.74) is 2.11. The van der Waals surface area contributed by atoms with Crippen molar-refractivity contribution in [3.05, 3.63) is 35.4 Å². The molecule has 0 atom stereocenters. The van der Waals surface area contributed by atoms with Crippen LogP contribution in [0.3, 0.4) is 0 Å². The highest BCUT2D eigenvalue weighted by molar-refractivity contribution is 5.97. The lowest BCUT2D eigenvalue weighted by atomic mass is 9.84. The summed E-state index contributed by atoms with van der Waals surface area (Å²) in [7, 11) is 1.71. The van der Waals surface area contributed by atoms with E-state index in [1.807, 2.05) is 12.1 Å². The molecular weight excluding hydrogens is 224 g/mol. The van der Waals surface area contributed by atoms with Gasteiger partial charge in [-0.05, 0) is 24.8 Å². The van der Waals surface area contributed by atoms with Gasteiger partial charge in [-0.2, -0.15) is 0 Å². The third-order valence-corrected chi connectivity index (χ3v) is 3.81. The van der Waals surface area contributed by atoms with Crippen molar-refractivity contribution in [2.24, 2.45) is 5.92 Å². The number of ether oxygens (including phenoxy) is 1. The van der Waals surface area contributed by atoms with Crippen molar-refractivity contribution in [3.63, 3.8) is 0 Å². The van der Waals surface area contributed by atoms with E-state index in [2.05, 4.69) is 12.1 Å². The lowest BCUT2D eigenvalue weighted by molar-refractivity contribution is 0.0889. The molecule has 98 valence electrons. The van der Waals surface area contributed by atoms with E-state index in [4.69, 9.17) is 4.74 Å². The number of benzene rings is 1. The van der Waals surface area contributed by atoms with Crippen LogP contribution >= 0.6 is 0 Å². The fraction of sp³-hybridized carbons (Fsp3) is 0.562. The molecule has 1 aromatic rings. The fourth-order valence-corrected chi connectivity index (χ4v) is 2.66. The van der Waals surface area contributed by atoms with Crippen LogP contribution in [0.2, 0.25) is 0 Å². The molecule has 1 aromatic carbocycles. The summed E-state index contributed by atoms with van der Waals surface area (Å²) in [6.07, 6.45) is 6.77. The second kappa shape index (κ2) is 6.69. The van der Waals surface area contributed by atoms with Crippen LogP contribution < -0.4 is 0 Å². The van der Waals surface area contributed by atoms with Crippen molar-refractivity contribution in [2.75, 3.05) is 13.7 Å². The van der Waals surface area contributed by atoms with Gasteiger partial charge in [0.25, 0.3) is 0 Å². The molecule has 0 N–H and O–H groups in total. The standard InChI is InChI=1S/C16H22O2/c1-18-12-11-13-7-9-15(10-8-13)16(17)14-5-3-2-4-6-14/h7-10,14H,2-6,11-12H2,1H3. The summed E-state index contributed by atoms with van der Waals surface area (Å²) in [4.78, 5) is 12.3. The Morgan fingerprint density at radius 2 is 1.83 bits per heavy atom. The molecule has 2 nitrogen and oxygen atoms in total. The van der Waals surface area contributed by atoms with Crippen LogP contribution in [0, 0.1) is 5.92 Å². The Bertz CT molecular complexity index is 375. The van der Waals surface area contributed by atoms with Crippen molar-refractivity contribution in [2.45, 2.75) is 38.5 Å². The van der Waals surface area contributed by atoms with Crippen molar-refractivity contribution in [1.29, 1.82) is 0 Å². The maximum atomic E-state index is 12.3. The zero-order valence-electron chi connectivity index (χ0n) is 11.2. The van der Waals surface area contributed by atoms with E-state index in [1.54, 1.807) is 7.11 Å². The van der Waals surface area contributed by atoms with Crippen molar-refractivity contribution < 1.29 is 9.53 Å². The first-order valence-corrected chi connectivity index (χ1v) is 6.93. The van der Waals surface area contributed by atoms with Crippen LogP contribution in [-0.2, 0) is 11.2 Å². The van der Waals surface area contributed by atoms with E-state index in [1.165, 1.54) is 24.8 Å². The maximum Gasteiger partial charge on any atom is 0.165 e. The molecule has 0 bridgehead atoms. The van der Waals surface area contributed by atoms with E-state index in [9.17, 15) is 4.79 Å². The summed E-state index contributed by atoms with van der Waals surface area (Å²) in [5.74, 6) is 0.608. The van der Waals surface area contributed by atoms with Crippen molar-refractivity contribution in [1.82, 2.24) is 0 Å². The average Bonchev–Trinajstić information content (AvgIpc) is 2.46. The first kappa shape index (κ1) is 13.3. The molecular formula is C16H22O2. The van der Waals surface area contributed by atoms with Gasteiger partial charge in [0.15, 0.2) is 5.78 Å². The number of carbonyl (C=O) groups is 1. The zero-order chi connectivity index (χ0) is 12.8. The summed E-state index contributed by atoms with van der Waals surface area (Å²) in [5, 5.41) is 0. The Morgan fingerprint density at radius 3 is 2.44 bits per heavy atom. The van der Waals surface area contributed by atoms with Crippen LogP contribution in [-0.4, -0.2) is 19.5 Å². The quantitative estimate of drug-likeness (QED) is 0.741. The molecule has 0 aliphatic heterocycles. The van der Waals surface area contributed by atoms with E-state index < -0.39 is 0 Å². The van der Waals surface area contributed by atoms with Gasteiger partial charge in [0.05, 0.1) is 6.61 Å². The van der Waals surface area contributed by atoms with E-state index in [0.717, 1.165) is 31.4 Å². The van der Waals surface area contributed by atoms with Gasteiger partial charge in [-0.15, -0.1) is 0 Å². The smallest absolute Gasteiger partial charge is 0.165 e. The first-order chi connectivity index (χ1) is 8.81. The molecule has 1 fully saturated rings. The van der Waals surface area contributed by atoms with E-state index >= 15 is 0 Å². The third-order valence-electron chi connectivity index (χ3n) is 3.81. The van der Waals surface area contributed by atoms with Gasteiger partial charge < -0.3 is 4.74 Å². The van der Waals surface area contributed by atoms with Gasteiger partial charge in [-0.3, -0.25) is 4.79 Å². The van der Waals surface area contributed by atoms with Crippen molar-refractivity contribution >= 4 is 5.78 Å². The highest BCUT2D eigenvalue weighted by Crippen LogP contribution is 2.26. The number of Topliss-reactive ketones (excluding diaryl/α,β-unsaturated/α-hetero) is 1. The molecule has 0 radical (unpaired) electrons. The van der Waals surface area contributed by atoms with E-state index in [-0.39, 0.29) is 5.92 Å². The number of ketones is 1. The second-order valence-corrected chi connectivity index (χ2v) is 5.14. The minimum absolute atomic E-state index is 0.267. The van der Waals surface area contributed by atoms with Crippen molar-refractivity contribution in [3.8, 4) is 0 Å². The molecule has 1 aliphatic carbocycles. The van der Waals surface area contributed by atoms with Gasteiger partial charge >= 0.3 is 0 Å². The predicted molar refractivity (Wildman–Crippen MR) is 72.9 cm³/mol. The summed E-state index contributed by atoms with van der Waals surface area (Å²) < 4.78 is 5.05. The van der Waals surface area contributed by atoms with Crippen LogP contribution in [0.5, 0.6) is 0 Å². The normalized spacial score (nSPS) is 16.7. The van der Waals surface area contributed by atoms with Crippen LogP contribution in [0.1, 0.15) is 48.0 Å². The molecule has 0 spiro atoms. The Kier molecular flexibility index (Phi) is 4.94. The number of hydrogen-bond donors (Lipinski definition) is 0. The van der Waals surface area contributed by atoms with Gasteiger partial charge in [0.1, 0.15) is 0 Å². The predicted octanol–water partition coefficient (Wildman–Crippen LogP) is 3.64. The molecule has 1 aliphatic rings. The third kappa shape index (κ3) is 3.42. The molecule has 18 heavy (non-hydrogen) atoms. The Hall–Kier alpha value is -1.15. The number of methoxy groups -OCH3 is 1. The topological polar surface area (TPSA) is 26.3 Å². The molecule has 2 rings (SSSR count). The van der Waals surface area contributed by atoms with Gasteiger partial charge in [0, 0.05) is 18.6 Å². The highest BCUT2D eigenvalue weighted by Gasteiger charge is 2.21. The number of rotatable bonds is 5. The molecule has 0 saturated heterocycles. The molecule has 0 unspecified atom stereocenters. The first-order valence-electron chi connectivity index (χ1n) is 6.93. The summed E-state index contributed by atoms with van der Waals surface area (Å²) in [6.45, 7) is 0.732. The Morgan fingerprint density at radius 1 is 1.17 bits per heavy atom. The monoisotopic (exact) mass is 246 g/mol. The lowest BCUT2D eigenvalue weighted by Gasteiger charge is -2.20. The molecule has 0 amide bonds. The molecule has 1 saturated carbocycles. The minimum Gasteiger partial charge on any atom is -0.384 e. The van der Waals surface area contributed by atoms with Crippen LogP contribution in [0.4, 0.5) is 0 Å². The van der Waals surface area contributed by atoms with Gasteiger partial charge in [0.2, 0.25) is 0 Å². The largest absolute Gasteiger partial charge is 0.384 e. The van der Waals surface area contributed by atoms with Gasteiger partial charge in [-0.25, -0.2) is 0 Å². The second-order valence-electron chi connectivity index (χ2n) is 5.14. The Labute approximate surface area is 109 Å². The highest BCUT2D eigenvalue weighted by atomic mass is 16.5. The maximum absolute atomic E-state index is 12.3. The van der Waals surface area contributed by atoms with Crippen LogP contribution in [0.15, 0.2) is 24.3 Å². The zero-order valence-corrected chi connectivity index (χ0v) is 11.2. The summed E-state index contributed by atoms with van der Waals surface area (Å²) in [6, 6.07) is 8.05.